The van der Waals surface area contributed by atoms with Crippen LogP contribution in [0.15, 0.2) is 175 Å². The van der Waals surface area contributed by atoms with E-state index in [1.54, 1.807) is 83.6 Å². The van der Waals surface area contributed by atoms with Crippen molar-refractivity contribution < 1.29 is 85.1 Å². The topological polar surface area (TPSA) is 455 Å². The van der Waals surface area contributed by atoms with Gasteiger partial charge in [0.05, 0.1) is 166 Å². The number of hydrogen-bond acceptors (Lipinski definition) is 25. The lowest BCUT2D eigenvalue weighted by Crippen LogP contribution is -2.41. The van der Waals surface area contributed by atoms with Gasteiger partial charge in [-0.05, 0) is 189 Å². The van der Waals surface area contributed by atoms with Crippen molar-refractivity contribution in [2.24, 2.45) is 0 Å². The van der Waals surface area contributed by atoms with Gasteiger partial charge in [-0.2, -0.15) is 13.2 Å². The van der Waals surface area contributed by atoms with Crippen LogP contribution in [-0.2, 0) is 33.7 Å². The molecule has 18 rings (SSSR count). The van der Waals surface area contributed by atoms with Crippen molar-refractivity contribution in [3.63, 3.8) is 0 Å². The summed E-state index contributed by atoms with van der Waals surface area (Å²) in [6.45, 7) is 26.8. The number of para-hydroxylation sites is 3. The molecule has 5 aliphatic rings. The van der Waals surface area contributed by atoms with E-state index < -0.39 is 101 Å². The molecule has 4 aliphatic heterocycles. The summed E-state index contributed by atoms with van der Waals surface area (Å²) in [5, 5.41) is 64.4. The molecular formula is C89H90BBr2ClF4N18O19. The van der Waals surface area contributed by atoms with Crippen molar-refractivity contribution in [1.82, 2.24) is 57.7 Å². The van der Waals surface area contributed by atoms with Crippen LogP contribution < -0.4 is 25.0 Å². The second-order valence-corrected chi connectivity index (χ2v) is 34.2. The third kappa shape index (κ3) is 23.4. The fourth-order valence-electron chi connectivity index (χ4n) is 14.0. The van der Waals surface area contributed by atoms with E-state index in [4.69, 9.17) is 45.0 Å². The highest BCUT2D eigenvalue weighted by molar-refractivity contribution is 9.10. The quantitative estimate of drug-likeness (QED) is 0.0336. The van der Waals surface area contributed by atoms with Crippen LogP contribution in [0.5, 0.6) is 17.2 Å². The number of amides is 1. The molecule has 6 aromatic heterocycles. The number of hydrogen-bond donors (Lipinski definition) is 3. The Morgan fingerprint density at radius 1 is 0.567 bits per heavy atom. The second kappa shape index (κ2) is 43.2. The van der Waals surface area contributed by atoms with Crippen LogP contribution in [0.3, 0.4) is 0 Å². The minimum absolute atomic E-state index is 0.00144. The number of aryl methyl sites for hydroxylation is 6. The molecule has 45 heteroatoms. The maximum Gasteiger partial charge on any atom is 0.498 e. The summed E-state index contributed by atoms with van der Waals surface area (Å²) >= 11 is 11.0. The third-order valence-electron chi connectivity index (χ3n) is 21.3. The van der Waals surface area contributed by atoms with Crippen LogP contribution in [0.1, 0.15) is 117 Å². The number of anilines is 1. The standard InChI is InChI=1S/C26H24FN5O2.C15H16FN3O4.C12H15BFNO4.2C12H11N3O3.C6H3BrFNO2.C4H5BrN2.C2H5ClO/c1-15-10-20(27)19(11-23(15)32-12-22(29-14-32)17-6-7-17)26(33)30-21-5-3-4-18-24-16(2)28-13-31(24)8-9-34-25(18)21;1-9-13(10-6-5-7-11(12(10)16)19(21)22)18(8-17-9)14(20)23-15(2,3)4;1-11(2)12(3,4)19-13(18-11)8-6-5-7-9(10(8)14)15(16)17;2*1-8-11-9-3-2-4-10(15(16)17)12(9)18-6-5-14(11)7-13-8;7-4-2-1-3-5(6(4)8)9(10)11;1-3-4(5)7-2-6-3;3-1-2-4/h3-5,10-14,17H,6-9H2,1-2H3,(H,30,33);5-8H,1-4H3;5-7H,1-4H3;2*2-4,7H,5-6H2,1H3;1-3H;2H,1H3,(H,6,7);4H,1-2H2. The Balaban J connectivity index is 0.000000155. The Morgan fingerprint density at radius 2 is 0.993 bits per heavy atom. The molecule has 0 bridgehead atoms. The first-order chi connectivity index (χ1) is 63.5. The largest absolute Gasteiger partial charge is 0.498 e. The predicted molar refractivity (Wildman–Crippen MR) is 494 cm³/mol. The molecule has 2 fully saturated rings. The SMILES string of the molecule is CC1(C)OB(c2cccc([N+](=O)[O-])c2F)OC1(C)C.Cc1[nH]cnc1Br.Cc1cc(F)c(C(=O)Nc2cccc3c2OCCn2cnc(C)c2-3)cc1-n1cnc(C2CC2)c1.Cc1ncn(C(=O)OC(C)(C)C)c1-c1cccc([N+](=O)[O-])c1F.Cc1ncn2c1-c1cccc([N+](=O)[O-])c1OCC2.Cc1ncn2c1-c1cccc([N+](=O)[O-])c1OCC2.O=[N+]([O-])c1cccc(Br)c1F.OCCCl. The first kappa shape index (κ1) is 101. The number of nitrogens with one attached hydrogen (secondary N) is 2. The zero-order valence-electron chi connectivity index (χ0n) is 74.4. The van der Waals surface area contributed by atoms with Gasteiger partial charge in [0.25, 0.3) is 5.91 Å². The normalized spacial score (nSPS) is 13.6. The number of ether oxygens (including phenoxy) is 4. The molecule has 134 heavy (non-hydrogen) atoms. The number of nitro benzene ring substituents is 5. The van der Waals surface area contributed by atoms with E-state index in [2.05, 4.69) is 72.1 Å². The van der Waals surface area contributed by atoms with Gasteiger partial charge >= 0.3 is 41.6 Å². The molecule has 1 aliphatic carbocycles. The number of aliphatic hydroxyl groups is 1. The fraction of sp³-hybridized carbons (Fsp3) is 0.303. The number of aromatic nitrogens is 12. The third-order valence-corrected chi connectivity index (χ3v) is 22.9. The molecule has 0 radical (unpaired) electrons. The molecule has 1 amide bonds. The summed E-state index contributed by atoms with van der Waals surface area (Å²) in [4.78, 5) is 104. The maximum atomic E-state index is 14.9. The number of carbonyl (C=O) groups excluding carboxylic acids is 2. The van der Waals surface area contributed by atoms with Crippen molar-refractivity contribution >= 4 is 102 Å². The first-order valence-electron chi connectivity index (χ1n) is 41.2. The number of rotatable bonds is 12. The van der Waals surface area contributed by atoms with Gasteiger partial charge in [0.2, 0.25) is 23.1 Å². The molecule has 1 saturated carbocycles. The van der Waals surface area contributed by atoms with Crippen molar-refractivity contribution in [1.29, 1.82) is 0 Å². The van der Waals surface area contributed by atoms with E-state index in [1.807, 2.05) is 111 Å². The molecule has 37 nitrogen and oxygen atoms in total. The Labute approximate surface area is 785 Å². The highest BCUT2D eigenvalue weighted by Crippen LogP contribution is 2.46. The number of carbonyl (C=O) groups is 2. The van der Waals surface area contributed by atoms with E-state index >= 15 is 0 Å². The molecule has 13 aromatic rings. The number of nitro groups is 5. The van der Waals surface area contributed by atoms with Gasteiger partial charge in [-0.15, -0.1) is 11.6 Å². The molecule has 0 unspecified atom stereocenters. The van der Waals surface area contributed by atoms with Gasteiger partial charge in [0.15, 0.2) is 11.6 Å². The molecule has 0 atom stereocenters. The van der Waals surface area contributed by atoms with Crippen molar-refractivity contribution in [3.8, 4) is 68.0 Å². The van der Waals surface area contributed by atoms with Gasteiger partial charge < -0.3 is 61.9 Å². The van der Waals surface area contributed by atoms with E-state index in [9.17, 15) is 77.7 Å². The number of benzene rings is 7. The van der Waals surface area contributed by atoms with Crippen LogP contribution in [0.4, 0.5) is 56.5 Å². The monoisotopic (exact) mass is 1990 g/mol. The van der Waals surface area contributed by atoms with Crippen molar-refractivity contribution in [3.05, 3.63) is 294 Å². The van der Waals surface area contributed by atoms with Crippen LogP contribution in [-0.4, -0.2) is 156 Å². The average Bonchev–Trinajstić information content (AvgIpc) is 1.62. The smallest absolute Gasteiger partial charge is 0.489 e. The number of alkyl halides is 1. The average molecular weight is 2000 g/mol. The number of fused-ring (bicyclic) bond motifs is 9. The number of imidazole rings is 6. The van der Waals surface area contributed by atoms with Gasteiger partial charge in [0.1, 0.15) is 42.2 Å². The zero-order chi connectivity index (χ0) is 97.7. The molecule has 7 aromatic carbocycles. The Hall–Kier alpha value is -13.9. The summed E-state index contributed by atoms with van der Waals surface area (Å²) in [6, 6.07) is 30.1. The predicted octanol–water partition coefficient (Wildman–Crippen LogP) is 19.2. The van der Waals surface area contributed by atoms with Gasteiger partial charge in [0, 0.05) is 81.7 Å². The van der Waals surface area contributed by atoms with Crippen LogP contribution in [0, 0.1) is 115 Å². The van der Waals surface area contributed by atoms with Crippen LogP contribution in [0.25, 0.3) is 50.7 Å². The highest BCUT2D eigenvalue weighted by Gasteiger charge is 2.53. The Kier molecular flexibility index (Phi) is 32.4. The molecule has 0 spiro atoms. The summed E-state index contributed by atoms with van der Waals surface area (Å²) in [5.74, 6) is -1.78. The lowest BCUT2D eigenvalue weighted by atomic mass is 9.78. The summed E-state index contributed by atoms with van der Waals surface area (Å²) in [6.07, 6.45) is 13.4. The molecule has 702 valence electrons. The van der Waals surface area contributed by atoms with Crippen molar-refractivity contribution in [2.75, 3.05) is 37.6 Å². The molecular weight excluding hydrogens is 1910 g/mol. The Bertz CT molecular complexity index is 6420. The van der Waals surface area contributed by atoms with Crippen molar-refractivity contribution in [2.45, 2.75) is 145 Å². The molecule has 3 N–H and O–H groups in total. The second-order valence-electron chi connectivity index (χ2n) is 32.2. The van der Waals surface area contributed by atoms with Crippen LogP contribution >= 0.6 is 43.5 Å². The van der Waals surface area contributed by atoms with Gasteiger partial charge in [-0.25, -0.2) is 43.7 Å². The molecule has 1 saturated heterocycles. The molecule has 10 heterocycles. The summed E-state index contributed by atoms with van der Waals surface area (Å²) < 4.78 is 99.8. The Morgan fingerprint density at radius 3 is 1.43 bits per heavy atom. The number of nitrogens with zero attached hydrogens (tertiary/aromatic N) is 16. The number of H-pyrrole nitrogens is 1. The number of halogens is 7. The number of aliphatic hydroxyl groups excluding tert-OH is 1. The zero-order valence-corrected chi connectivity index (χ0v) is 78.3. The lowest BCUT2D eigenvalue weighted by Gasteiger charge is -2.32. The summed E-state index contributed by atoms with van der Waals surface area (Å²) in [7, 11) is -0.940. The first-order valence-corrected chi connectivity index (χ1v) is 43.3. The fourth-order valence-corrected chi connectivity index (χ4v) is 14.5. The van der Waals surface area contributed by atoms with Gasteiger partial charge in [-0.3, -0.25) is 55.4 Å². The number of aromatic amines is 1. The van der Waals surface area contributed by atoms with Crippen LogP contribution in [0.2, 0.25) is 0 Å². The highest BCUT2D eigenvalue weighted by atomic mass is 79.9. The van der Waals surface area contributed by atoms with E-state index in [0.717, 1.165) is 114 Å². The van der Waals surface area contributed by atoms with E-state index in [1.165, 1.54) is 60.9 Å². The van der Waals surface area contributed by atoms with E-state index in [-0.39, 0.29) is 44.7 Å². The minimum atomic E-state index is -1.02. The van der Waals surface area contributed by atoms with E-state index in [0.29, 0.717) is 79.9 Å². The summed E-state index contributed by atoms with van der Waals surface area (Å²) in [5.41, 5.74) is 8.39. The minimum Gasteiger partial charge on any atom is -0.489 e. The van der Waals surface area contributed by atoms with Gasteiger partial charge in [-0.1, -0.05) is 42.5 Å². The lowest BCUT2D eigenvalue weighted by molar-refractivity contribution is -0.387. The maximum absolute atomic E-state index is 14.9.